The van der Waals surface area contributed by atoms with E-state index in [1.54, 1.807) is 0 Å². The fraction of sp³-hybridized carbons (Fsp3) is 0.812. The molecule has 0 aromatic carbocycles. The molecule has 1 aliphatic heterocycles. The Kier molecular flexibility index (Phi) is 5.21. The molecule has 22 heavy (non-hydrogen) atoms. The van der Waals surface area contributed by atoms with E-state index in [4.69, 9.17) is 5.73 Å². The summed E-state index contributed by atoms with van der Waals surface area (Å²) in [6.07, 6.45) is 4.95. The standard InChI is InChI=1S/C16H27N3O3/c1-3-16(4-2,10-17)18-13(20)9-19-14(21)11-7-5-6-8-12(11)15(19)22/h11-12H,3-10,17H2,1-2H3,(H,18,20). The second kappa shape index (κ2) is 6.77. The van der Waals surface area contributed by atoms with Gasteiger partial charge in [-0.15, -0.1) is 0 Å². The number of hydrogen-bond acceptors (Lipinski definition) is 4. The van der Waals surface area contributed by atoms with Gasteiger partial charge in [-0.1, -0.05) is 26.7 Å². The number of imide groups is 1. The van der Waals surface area contributed by atoms with E-state index < -0.39 is 5.54 Å². The van der Waals surface area contributed by atoms with Crippen LogP contribution in [0, 0.1) is 11.8 Å². The first-order valence-corrected chi connectivity index (χ1v) is 8.34. The van der Waals surface area contributed by atoms with Crippen molar-refractivity contribution in [1.82, 2.24) is 10.2 Å². The Bertz CT molecular complexity index is 427. The number of carbonyl (C=O) groups excluding carboxylic acids is 3. The van der Waals surface area contributed by atoms with E-state index in [0.717, 1.165) is 43.4 Å². The van der Waals surface area contributed by atoms with Crippen molar-refractivity contribution < 1.29 is 14.4 Å². The normalized spacial score (nSPS) is 25.3. The molecule has 0 aromatic rings. The highest BCUT2D eigenvalue weighted by Gasteiger charge is 2.48. The number of carbonyl (C=O) groups is 3. The SMILES string of the molecule is CCC(CC)(CN)NC(=O)CN1C(=O)C2CCCCC2C1=O. The minimum atomic E-state index is -0.449. The van der Waals surface area contributed by atoms with Crippen molar-refractivity contribution in [2.45, 2.75) is 57.9 Å². The number of nitrogens with two attached hydrogens (primary N) is 1. The van der Waals surface area contributed by atoms with Gasteiger partial charge in [-0.2, -0.15) is 0 Å². The lowest BCUT2D eigenvalue weighted by Gasteiger charge is -2.32. The van der Waals surface area contributed by atoms with E-state index in [1.165, 1.54) is 0 Å². The van der Waals surface area contributed by atoms with Crippen LogP contribution < -0.4 is 11.1 Å². The van der Waals surface area contributed by atoms with Crippen molar-refractivity contribution >= 4 is 17.7 Å². The molecule has 0 spiro atoms. The lowest BCUT2D eigenvalue weighted by molar-refractivity contribution is -0.144. The predicted octanol–water partition coefficient (Wildman–Crippen LogP) is 0.795. The number of nitrogens with zero attached hydrogens (tertiary/aromatic N) is 1. The van der Waals surface area contributed by atoms with Gasteiger partial charge in [0.05, 0.1) is 17.4 Å². The van der Waals surface area contributed by atoms with E-state index in [0.29, 0.717) is 6.54 Å². The van der Waals surface area contributed by atoms with Gasteiger partial charge in [0.1, 0.15) is 6.54 Å². The molecule has 0 bridgehead atoms. The monoisotopic (exact) mass is 309 g/mol. The number of nitrogens with one attached hydrogen (secondary N) is 1. The van der Waals surface area contributed by atoms with E-state index >= 15 is 0 Å². The van der Waals surface area contributed by atoms with Crippen molar-refractivity contribution in [3.8, 4) is 0 Å². The first-order chi connectivity index (χ1) is 10.5. The Balaban J connectivity index is 2.02. The highest BCUT2D eigenvalue weighted by atomic mass is 16.2. The number of hydrogen-bond donors (Lipinski definition) is 2. The predicted molar refractivity (Wildman–Crippen MR) is 82.7 cm³/mol. The highest BCUT2D eigenvalue weighted by Crippen LogP contribution is 2.37. The molecule has 6 heteroatoms. The maximum Gasteiger partial charge on any atom is 0.240 e. The molecule has 2 unspecified atom stereocenters. The van der Waals surface area contributed by atoms with Gasteiger partial charge in [-0.05, 0) is 25.7 Å². The third kappa shape index (κ3) is 3.02. The lowest BCUT2D eigenvalue weighted by atomic mass is 9.81. The van der Waals surface area contributed by atoms with Crippen LogP contribution in [0.25, 0.3) is 0 Å². The fourth-order valence-electron chi connectivity index (χ4n) is 3.63. The van der Waals surface area contributed by atoms with Gasteiger partial charge >= 0.3 is 0 Å². The van der Waals surface area contributed by atoms with Crippen LogP contribution in [0.3, 0.4) is 0 Å². The first kappa shape index (κ1) is 16.9. The average Bonchev–Trinajstić information content (AvgIpc) is 2.78. The molecule has 3 amide bonds. The molecule has 3 N–H and O–H groups in total. The van der Waals surface area contributed by atoms with Crippen LogP contribution in [0.1, 0.15) is 52.4 Å². The molecule has 6 nitrogen and oxygen atoms in total. The molecule has 2 atom stereocenters. The van der Waals surface area contributed by atoms with E-state index in [9.17, 15) is 14.4 Å². The number of likely N-dealkylation sites (tertiary alicyclic amines) is 1. The summed E-state index contributed by atoms with van der Waals surface area (Å²) < 4.78 is 0. The summed E-state index contributed by atoms with van der Waals surface area (Å²) in [6, 6.07) is 0. The summed E-state index contributed by atoms with van der Waals surface area (Å²) in [5.74, 6) is -1.04. The summed E-state index contributed by atoms with van der Waals surface area (Å²) in [5.41, 5.74) is 5.32. The van der Waals surface area contributed by atoms with Crippen molar-refractivity contribution in [1.29, 1.82) is 0 Å². The Morgan fingerprint density at radius 3 is 2.09 bits per heavy atom. The quantitative estimate of drug-likeness (QED) is 0.710. The average molecular weight is 309 g/mol. The molecule has 1 aliphatic carbocycles. The summed E-state index contributed by atoms with van der Waals surface area (Å²) in [4.78, 5) is 38.2. The minimum Gasteiger partial charge on any atom is -0.348 e. The Morgan fingerprint density at radius 1 is 1.18 bits per heavy atom. The van der Waals surface area contributed by atoms with Gasteiger partial charge in [0.25, 0.3) is 0 Å². The van der Waals surface area contributed by atoms with Crippen LogP contribution in [-0.2, 0) is 14.4 Å². The van der Waals surface area contributed by atoms with E-state index in [1.807, 2.05) is 13.8 Å². The van der Waals surface area contributed by atoms with Crippen LogP contribution in [0.2, 0.25) is 0 Å². The third-order valence-electron chi connectivity index (χ3n) is 5.38. The molecule has 0 radical (unpaired) electrons. The van der Waals surface area contributed by atoms with Crippen molar-refractivity contribution in [3.05, 3.63) is 0 Å². The molecular weight excluding hydrogens is 282 g/mol. The van der Waals surface area contributed by atoms with Crippen molar-refractivity contribution in [2.75, 3.05) is 13.1 Å². The van der Waals surface area contributed by atoms with Gasteiger partial charge in [-0.3, -0.25) is 19.3 Å². The second-order valence-corrected chi connectivity index (χ2v) is 6.50. The van der Waals surface area contributed by atoms with Gasteiger partial charge in [-0.25, -0.2) is 0 Å². The zero-order valence-corrected chi connectivity index (χ0v) is 13.6. The van der Waals surface area contributed by atoms with Crippen LogP contribution >= 0.6 is 0 Å². The maximum absolute atomic E-state index is 12.4. The zero-order chi connectivity index (χ0) is 16.3. The molecule has 2 fully saturated rings. The molecule has 0 aromatic heterocycles. The van der Waals surface area contributed by atoms with Crippen LogP contribution in [-0.4, -0.2) is 41.2 Å². The Hall–Kier alpha value is -1.43. The minimum absolute atomic E-state index is 0.170. The molecular formula is C16H27N3O3. The first-order valence-electron chi connectivity index (χ1n) is 8.34. The second-order valence-electron chi connectivity index (χ2n) is 6.50. The smallest absolute Gasteiger partial charge is 0.240 e. The number of fused-ring (bicyclic) bond motifs is 1. The van der Waals surface area contributed by atoms with Crippen molar-refractivity contribution in [2.24, 2.45) is 17.6 Å². The Labute approximate surface area is 131 Å². The number of amides is 3. The molecule has 2 aliphatic rings. The number of rotatable bonds is 6. The summed E-state index contributed by atoms with van der Waals surface area (Å²) in [7, 11) is 0. The maximum atomic E-state index is 12.4. The van der Waals surface area contributed by atoms with E-state index in [2.05, 4.69) is 5.32 Å². The van der Waals surface area contributed by atoms with Gasteiger partial charge in [0.15, 0.2) is 0 Å². The van der Waals surface area contributed by atoms with Gasteiger partial charge < -0.3 is 11.1 Å². The highest BCUT2D eigenvalue weighted by molar-refractivity contribution is 6.07. The summed E-state index contributed by atoms with van der Waals surface area (Å²) >= 11 is 0. The van der Waals surface area contributed by atoms with Crippen LogP contribution in [0.5, 0.6) is 0 Å². The topological polar surface area (TPSA) is 92.5 Å². The third-order valence-corrected chi connectivity index (χ3v) is 5.38. The van der Waals surface area contributed by atoms with Crippen LogP contribution in [0.4, 0.5) is 0 Å². The molecule has 1 heterocycles. The van der Waals surface area contributed by atoms with Gasteiger partial charge in [0, 0.05) is 6.54 Å². The summed E-state index contributed by atoms with van der Waals surface area (Å²) in [6.45, 7) is 4.11. The van der Waals surface area contributed by atoms with E-state index in [-0.39, 0.29) is 36.1 Å². The van der Waals surface area contributed by atoms with Gasteiger partial charge in [0.2, 0.25) is 17.7 Å². The fourth-order valence-corrected chi connectivity index (χ4v) is 3.63. The molecule has 124 valence electrons. The van der Waals surface area contributed by atoms with Crippen LogP contribution in [0.15, 0.2) is 0 Å². The largest absolute Gasteiger partial charge is 0.348 e. The lowest BCUT2D eigenvalue weighted by Crippen LogP contribution is -2.55. The molecule has 2 rings (SSSR count). The molecule has 1 saturated heterocycles. The summed E-state index contributed by atoms with van der Waals surface area (Å²) in [5, 5.41) is 2.92. The Morgan fingerprint density at radius 2 is 1.68 bits per heavy atom. The zero-order valence-electron chi connectivity index (χ0n) is 13.6. The van der Waals surface area contributed by atoms with Crippen molar-refractivity contribution in [3.63, 3.8) is 0 Å². The molecule has 1 saturated carbocycles.